The number of carbonyl (C=O) groups is 1. The molecule has 0 atom stereocenters. The molecule has 0 spiro atoms. The number of ketones is 1. The number of aromatic nitrogens is 2. The van der Waals surface area contributed by atoms with Crippen molar-refractivity contribution < 1.29 is 9.53 Å². The Kier molecular flexibility index (Phi) is 3.29. The first-order valence-corrected chi connectivity index (χ1v) is 5.07. The van der Waals surface area contributed by atoms with Crippen LogP contribution in [-0.2, 0) is 16.9 Å². The Morgan fingerprint density at radius 2 is 2.20 bits per heavy atom. The highest BCUT2D eigenvalue weighted by Gasteiger charge is 2.26. The lowest BCUT2D eigenvalue weighted by Gasteiger charge is -2.28. The summed E-state index contributed by atoms with van der Waals surface area (Å²) in [5.74, 6) is 0.874. The molecule has 0 saturated heterocycles. The third-order valence-electron chi connectivity index (χ3n) is 2.55. The van der Waals surface area contributed by atoms with Crippen LogP contribution in [0.3, 0.4) is 0 Å². The molecule has 1 aromatic rings. The van der Waals surface area contributed by atoms with E-state index in [0.717, 1.165) is 12.2 Å². The van der Waals surface area contributed by atoms with E-state index in [1.54, 1.807) is 20.2 Å². The molecule has 0 aliphatic carbocycles. The number of hydrogen-bond donors (Lipinski definition) is 0. The van der Waals surface area contributed by atoms with E-state index in [0.29, 0.717) is 5.69 Å². The molecule has 0 aliphatic rings. The minimum Gasteiger partial charge on any atom is -0.359 e. The second-order valence-electron chi connectivity index (χ2n) is 3.96. The van der Waals surface area contributed by atoms with Crippen LogP contribution in [0.25, 0.3) is 0 Å². The highest BCUT2D eigenvalue weighted by molar-refractivity contribution is 5.92. The Bertz CT molecular complexity index is 367. The molecule has 0 bridgehead atoms. The molecule has 1 heterocycles. The van der Waals surface area contributed by atoms with Crippen LogP contribution in [0, 0.1) is 0 Å². The molecule has 0 aromatic carbocycles. The maximum atomic E-state index is 11.4. The molecule has 0 unspecified atom stereocenters. The molecular weight excluding hydrogens is 192 g/mol. The van der Waals surface area contributed by atoms with Gasteiger partial charge in [0.25, 0.3) is 0 Å². The fraction of sp³-hybridized carbons (Fsp3) is 0.636. The van der Waals surface area contributed by atoms with E-state index < -0.39 is 5.72 Å². The Balaban J connectivity index is 3.34. The van der Waals surface area contributed by atoms with Crippen molar-refractivity contribution >= 4 is 5.78 Å². The van der Waals surface area contributed by atoms with Crippen LogP contribution in [0.1, 0.15) is 44.0 Å². The lowest BCUT2D eigenvalue weighted by molar-refractivity contribution is -0.0482. The van der Waals surface area contributed by atoms with Gasteiger partial charge in [0.15, 0.2) is 5.78 Å². The van der Waals surface area contributed by atoms with Gasteiger partial charge in [-0.2, -0.15) is 0 Å². The molecule has 1 aromatic heterocycles. The van der Waals surface area contributed by atoms with Gasteiger partial charge in [-0.3, -0.25) is 9.36 Å². The number of Topliss-reactive ketones (excluding diaryl/α,β-unsaturated/α-hetero) is 1. The Morgan fingerprint density at radius 3 is 2.60 bits per heavy atom. The third-order valence-corrected chi connectivity index (χ3v) is 2.55. The summed E-state index contributed by atoms with van der Waals surface area (Å²) < 4.78 is 7.24. The number of ether oxygens (including phenoxy) is 1. The summed E-state index contributed by atoms with van der Waals surface area (Å²) in [4.78, 5) is 15.7. The first-order chi connectivity index (χ1) is 6.94. The minimum absolute atomic E-state index is 0.00678. The van der Waals surface area contributed by atoms with E-state index >= 15 is 0 Å². The lowest BCUT2D eigenvalue weighted by atomic mass is 10.2. The van der Waals surface area contributed by atoms with Gasteiger partial charge in [-0.25, -0.2) is 4.98 Å². The molecule has 0 radical (unpaired) electrons. The highest BCUT2D eigenvalue weighted by atomic mass is 16.5. The Hall–Kier alpha value is -1.16. The van der Waals surface area contributed by atoms with E-state index in [1.807, 2.05) is 25.3 Å². The van der Waals surface area contributed by atoms with Crippen LogP contribution in [0.4, 0.5) is 0 Å². The largest absolute Gasteiger partial charge is 0.359 e. The number of aryl methyl sites for hydroxylation is 1. The van der Waals surface area contributed by atoms with Gasteiger partial charge in [-0.1, -0.05) is 6.92 Å². The average Bonchev–Trinajstić information content (AvgIpc) is 2.61. The van der Waals surface area contributed by atoms with Crippen LogP contribution in [0.2, 0.25) is 0 Å². The van der Waals surface area contributed by atoms with Gasteiger partial charge in [0.1, 0.15) is 17.2 Å². The lowest BCUT2D eigenvalue weighted by Crippen LogP contribution is -2.32. The third kappa shape index (κ3) is 2.09. The van der Waals surface area contributed by atoms with Crippen LogP contribution < -0.4 is 0 Å². The van der Waals surface area contributed by atoms with E-state index in [-0.39, 0.29) is 5.78 Å². The fourth-order valence-corrected chi connectivity index (χ4v) is 1.58. The van der Waals surface area contributed by atoms with E-state index in [2.05, 4.69) is 4.98 Å². The summed E-state index contributed by atoms with van der Waals surface area (Å²) in [6.45, 7) is 7.38. The van der Waals surface area contributed by atoms with E-state index in [4.69, 9.17) is 4.74 Å². The Labute approximate surface area is 90.3 Å². The van der Waals surface area contributed by atoms with Crippen molar-refractivity contribution in [3.63, 3.8) is 0 Å². The van der Waals surface area contributed by atoms with E-state index in [9.17, 15) is 4.79 Å². The minimum atomic E-state index is -0.539. The zero-order valence-electron chi connectivity index (χ0n) is 10.00. The summed E-state index contributed by atoms with van der Waals surface area (Å²) in [5.41, 5.74) is 0.0572. The maximum absolute atomic E-state index is 11.4. The number of hydrogen-bond acceptors (Lipinski definition) is 3. The van der Waals surface area contributed by atoms with Gasteiger partial charge >= 0.3 is 0 Å². The average molecular weight is 210 g/mol. The number of nitrogens with zero attached hydrogens (tertiary/aromatic N) is 2. The fourth-order valence-electron chi connectivity index (χ4n) is 1.58. The van der Waals surface area contributed by atoms with Crippen LogP contribution >= 0.6 is 0 Å². The molecule has 0 fully saturated rings. The first kappa shape index (κ1) is 11.9. The standard InChI is InChI=1S/C11H18N2O2/c1-6-10-12-7-9(8(2)14)13(10)11(3,4)15-5/h7H,6H2,1-5H3. The van der Waals surface area contributed by atoms with Gasteiger partial charge in [0, 0.05) is 20.5 Å². The predicted octanol–water partition coefficient (Wildman–Crippen LogP) is 1.99. The van der Waals surface area contributed by atoms with Gasteiger partial charge in [0.2, 0.25) is 0 Å². The zero-order chi connectivity index (χ0) is 11.6. The quantitative estimate of drug-likeness (QED) is 0.714. The van der Waals surface area contributed by atoms with Crippen molar-refractivity contribution in [1.82, 2.24) is 9.55 Å². The number of rotatable bonds is 4. The number of imidazole rings is 1. The number of methoxy groups -OCH3 is 1. The van der Waals surface area contributed by atoms with Crippen LogP contribution in [0.5, 0.6) is 0 Å². The monoisotopic (exact) mass is 210 g/mol. The summed E-state index contributed by atoms with van der Waals surface area (Å²) in [7, 11) is 1.63. The zero-order valence-corrected chi connectivity index (χ0v) is 10.00. The molecule has 84 valence electrons. The molecule has 4 nitrogen and oxygen atoms in total. The van der Waals surface area contributed by atoms with Crippen molar-refractivity contribution in [3.8, 4) is 0 Å². The normalized spacial score (nSPS) is 11.8. The molecule has 4 heteroatoms. The summed E-state index contributed by atoms with van der Waals surface area (Å²) in [5, 5.41) is 0. The predicted molar refractivity (Wildman–Crippen MR) is 57.9 cm³/mol. The molecule has 0 saturated carbocycles. The summed E-state index contributed by atoms with van der Waals surface area (Å²) >= 11 is 0. The molecule has 0 aliphatic heterocycles. The molecule has 15 heavy (non-hydrogen) atoms. The second-order valence-corrected chi connectivity index (χ2v) is 3.96. The van der Waals surface area contributed by atoms with Crippen LogP contribution in [-0.4, -0.2) is 22.4 Å². The van der Waals surface area contributed by atoms with Gasteiger partial charge in [-0.05, 0) is 13.8 Å². The van der Waals surface area contributed by atoms with Gasteiger partial charge in [0.05, 0.1) is 6.20 Å². The summed E-state index contributed by atoms with van der Waals surface area (Å²) in [6.07, 6.45) is 2.39. The highest BCUT2D eigenvalue weighted by Crippen LogP contribution is 2.22. The molecule has 0 amide bonds. The summed E-state index contributed by atoms with van der Waals surface area (Å²) in [6, 6.07) is 0. The van der Waals surface area contributed by atoms with Gasteiger partial charge in [-0.15, -0.1) is 0 Å². The number of carbonyl (C=O) groups excluding carboxylic acids is 1. The van der Waals surface area contributed by atoms with Gasteiger partial charge < -0.3 is 4.74 Å². The van der Waals surface area contributed by atoms with Crippen molar-refractivity contribution in [3.05, 3.63) is 17.7 Å². The van der Waals surface area contributed by atoms with Crippen molar-refractivity contribution in [2.45, 2.75) is 39.8 Å². The first-order valence-electron chi connectivity index (χ1n) is 5.07. The topological polar surface area (TPSA) is 44.1 Å². The van der Waals surface area contributed by atoms with Crippen LogP contribution in [0.15, 0.2) is 6.20 Å². The molecular formula is C11H18N2O2. The van der Waals surface area contributed by atoms with Crippen molar-refractivity contribution in [1.29, 1.82) is 0 Å². The SMILES string of the molecule is CCc1ncc(C(C)=O)n1C(C)(C)OC. The van der Waals surface area contributed by atoms with Crippen molar-refractivity contribution in [2.75, 3.05) is 7.11 Å². The maximum Gasteiger partial charge on any atom is 0.177 e. The smallest absolute Gasteiger partial charge is 0.177 e. The van der Waals surface area contributed by atoms with Crippen molar-refractivity contribution in [2.24, 2.45) is 0 Å². The molecule has 1 rings (SSSR count). The van der Waals surface area contributed by atoms with E-state index in [1.165, 1.54) is 0 Å². The second kappa shape index (κ2) is 4.14. The Morgan fingerprint density at radius 1 is 1.60 bits per heavy atom. The molecule has 0 N–H and O–H groups in total.